The lowest BCUT2D eigenvalue weighted by atomic mass is 10.1. The molecule has 0 N–H and O–H groups in total. The fourth-order valence-electron chi connectivity index (χ4n) is 18.0. The van der Waals surface area contributed by atoms with E-state index in [4.69, 9.17) is 0 Å². The highest BCUT2D eigenvalue weighted by molar-refractivity contribution is 6.82. The maximum Gasteiger partial charge on any atom is 0.161 e. The third-order valence-corrected chi connectivity index (χ3v) is 55.6. The number of hydrogen-bond acceptors (Lipinski definition) is 3. The van der Waals surface area contributed by atoms with Gasteiger partial charge in [-0.3, -0.25) is 0 Å². The summed E-state index contributed by atoms with van der Waals surface area (Å²) >= 11 is 0. The zero-order valence-electron chi connectivity index (χ0n) is 72.9. The first-order valence-corrected chi connectivity index (χ1v) is 56.6. The fraction of sp³-hybridized carbons (Fsp3) is 0.294. The van der Waals surface area contributed by atoms with Crippen LogP contribution in [-0.2, 0) is 0 Å². The molecular weight excluding hydrogens is 1480 g/mol. The van der Waals surface area contributed by atoms with Gasteiger partial charge in [0, 0.05) is 160 Å². The summed E-state index contributed by atoms with van der Waals surface area (Å²) in [7, 11) is -10.7. The van der Waals surface area contributed by atoms with E-state index in [-0.39, 0.29) is 25.2 Å². The Hall–Kier alpha value is -9.88. The Morgan fingerprint density at radius 1 is 0.165 bits per heavy atom. The van der Waals surface area contributed by atoms with E-state index < -0.39 is 41.2 Å². The van der Waals surface area contributed by atoms with E-state index in [1.807, 2.05) is 0 Å². The molecule has 586 valence electrons. The number of nitrogens with zero attached hydrogens (tertiary/aromatic N) is 8. The number of anilines is 9. The lowest BCUT2D eigenvalue weighted by molar-refractivity contribution is 0.705. The molecule has 0 aliphatic rings. The molecule has 0 bridgehead atoms. The second-order valence-electron chi connectivity index (χ2n) is 40.9. The van der Waals surface area contributed by atoms with E-state index in [2.05, 4.69) is 466 Å². The number of hydrogen-bond donors (Lipinski definition) is 0. The first kappa shape index (κ1) is 77.7. The van der Waals surface area contributed by atoms with Crippen molar-refractivity contribution in [1.29, 1.82) is 0 Å². The molecule has 0 atom stereocenters. The van der Waals surface area contributed by atoms with E-state index in [9.17, 15) is 0 Å². The average molecular weight is 1600 g/mol. The van der Waals surface area contributed by atoms with Crippen molar-refractivity contribution in [2.24, 2.45) is 0 Å². The lowest BCUT2D eigenvalue weighted by Crippen LogP contribution is -2.45. The van der Waals surface area contributed by atoms with Crippen LogP contribution in [0.4, 0.5) is 51.2 Å². The Bertz CT molecular complexity index is 6110. The minimum Gasteiger partial charge on any atom is -0.368 e. The van der Waals surface area contributed by atoms with E-state index in [1.54, 1.807) is 0 Å². The van der Waals surface area contributed by atoms with Gasteiger partial charge in [-0.25, -0.2) is 0 Å². The van der Waals surface area contributed by atoms with Crippen molar-refractivity contribution >= 4 is 201 Å². The Morgan fingerprint density at radius 3 is 0.452 bits per heavy atom. The minimum absolute atomic E-state index is 0.0904. The van der Waals surface area contributed by atoms with Crippen LogP contribution in [0.25, 0.3) is 109 Å². The molecule has 0 fully saturated rings. The summed E-state index contributed by atoms with van der Waals surface area (Å²) in [6.45, 7) is 62.0. The third-order valence-electron chi connectivity index (χ3n) is 29.3. The van der Waals surface area contributed by atoms with Crippen molar-refractivity contribution in [3.63, 3.8) is 0 Å². The Kier molecular flexibility index (Phi) is 18.0. The van der Waals surface area contributed by atoms with Crippen molar-refractivity contribution in [3.05, 3.63) is 261 Å². The summed E-state index contributed by atoms with van der Waals surface area (Å²) in [4.78, 5) is 7.56. The predicted octanol–water partition coefficient (Wildman–Crippen LogP) is 31.9. The van der Waals surface area contributed by atoms with Crippen LogP contribution < -0.4 is 14.7 Å². The summed E-state index contributed by atoms with van der Waals surface area (Å²) in [5, 5.41) is 13.3. The monoisotopic (exact) mass is 1590 g/mol. The normalized spacial score (nSPS) is 13.6. The van der Waals surface area contributed by atoms with Gasteiger partial charge in [0.1, 0.15) is 0 Å². The standard InChI is InChI=1S/C102H118N8Si5/c1-98(2,3)111(16,17)106-88-41-31-26-36-78(88)83-64-73(54-59-93(83)106)103(69-46-50-71(51-47-69)104(74-55-60-94-84(65-74)79-37-27-32-42-89(79)107(94)112(18,19)99(4,5)6)75-56-61-95-85(66-75)80-38-28-33-43-90(80)108(95)113(20,21)100(7,8)9)70-48-52-72(53-49-70)105(76-57-62-96-86(67-76)81-39-29-34-44-91(81)109(96)114(22,23)101(10,11)12)77-58-63-97-87(68-77)82-40-30-35-45-92(82)110(97)115(24,25)102(13,14)15/h26-68H,1-25H3. The second kappa shape index (κ2) is 26.6. The molecule has 17 aromatic rings. The Morgan fingerprint density at radius 2 is 0.296 bits per heavy atom. The number of aromatic nitrogens is 5. The molecule has 0 radical (unpaired) electrons. The molecule has 0 spiro atoms. The first-order valence-electron chi connectivity index (χ1n) is 41.8. The molecule has 8 nitrogen and oxygen atoms in total. The number of rotatable bonds is 14. The molecule has 17 rings (SSSR count). The number of fused-ring (bicyclic) bond motifs is 15. The zero-order valence-corrected chi connectivity index (χ0v) is 77.9. The molecular formula is C102H118N8Si5. The topological polar surface area (TPSA) is 34.4 Å². The molecule has 12 aromatic carbocycles. The molecule has 0 saturated heterocycles. The smallest absolute Gasteiger partial charge is 0.161 e. The van der Waals surface area contributed by atoms with Crippen LogP contribution in [0, 0.1) is 0 Å². The molecule has 0 unspecified atom stereocenters. The maximum absolute atomic E-state index is 2.74. The predicted molar refractivity (Wildman–Crippen MR) is 518 cm³/mol. The SMILES string of the molecule is CC(C)(C)[Si](C)(C)n1c2ccccc2c2cc(N(c3ccc(N(c4ccc5c(c4)c4ccccc4n5[Si](C)(C)C(C)(C)C)c4ccc5c(c4)c4ccccc4n5[Si](C)(C)C(C)(C)C)cc3)c3ccc(N(c4ccc5c(c4)c4ccccc4n5[Si](C)(C)C(C)(C)C)c4ccc5c(c4)c4ccccc4n5[Si](C)(C)C(C)(C)C)cc3)ccc21. The van der Waals surface area contributed by atoms with Crippen molar-refractivity contribution < 1.29 is 0 Å². The van der Waals surface area contributed by atoms with E-state index >= 15 is 0 Å². The lowest BCUT2D eigenvalue weighted by Gasteiger charge is -2.39. The van der Waals surface area contributed by atoms with Crippen molar-refractivity contribution in [3.8, 4) is 0 Å². The third kappa shape index (κ3) is 12.0. The number of para-hydroxylation sites is 5. The summed E-state index contributed by atoms with van der Waals surface area (Å²) in [6, 6.07) is 101. The van der Waals surface area contributed by atoms with Crippen LogP contribution in [0.15, 0.2) is 261 Å². The Balaban J connectivity index is 0.878. The summed E-state index contributed by atoms with van der Waals surface area (Å²) in [6.07, 6.45) is 0. The largest absolute Gasteiger partial charge is 0.368 e. The maximum atomic E-state index is 2.74. The molecule has 0 saturated carbocycles. The van der Waals surface area contributed by atoms with E-state index in [0.717, 1.165) is 51.2 Å². The summed E-state index contributed by atoms with van der Waals surface area (Å²) in [5.41, 5.74) is 22.9. The highest BCUT2D eigenvalue weighted by Gasteiger charge is 2.45. The van der Waals surface area contributed by atoms with E-state index in [1.165, 1.54) is 109 Å². The van der Waals surface area contributed by atoms with Gasteiger partial charge in [0.25, 0.3) is 0 Å². The summed E-state index contributed by atoms with van der Waals surface area (Å²) < 4.78 is 13.7. The van der Waals surface area contributed by atoms with Crippen LogP contribution in [0.1, 0.15) is 104 Å². The van der Waals surface area contributed by atoms with Crippen LogP contribution in [-0.4, -0.2) is 62.3 Å². The fourth-order valence-corrected chi connectivity index (χ4v) is 29.4. The van der Waals surface area contributed by atoms with E-state index in [0.29, 0.717) is 0 Å². The molecule has 0 aliphatic heterocycles. The second-order valence-corrected chi connectivity index (χ2v) is 66.2. The molecule has 13 heteroatoms. The van der Waals surface area contributed by atoms with Gasteiger partial charge in [0.2, 0.25) is 0 Å². The highest BCUT2D eigenvalue weighted by Crippen LogP contribution is 2.53. The van der Waals surface area contributed by atoms with Gasteiger partial charge >= 0.3 is 0 Å². The minimum atomic E-state index is -2.16. The molecule has 5 heterocycles. The van der Waals surface area contributed by atoms with Gasteiger partial charge in [0.15, 0.2) is 41.2 Å². The van der Waals surface area contributed by atoms with Gasteiger partial charge in [0.05, 0.1) is 0 Å². The summed E-state index contributed by atoms with van der Waals surface area (Å²) in [5.74, 6) is 0. The quantitative estimate of drug-likeness (QED) is 0.102. The average Bonchev–Trinajstić information content (AvgIpc) is 1.59. The first-order chi connectivity index (χ1) is 54.0. The van der Waals surface area contributed by atoms with Gasteiger partial charge in [-0.1, -0.05) is 260 Å². The van der Waals surface area contributed by atoms with Crippen LogP contribution in [0.2, 0.25) is 90.7 Å². The van der Waals surface area contributed by atoms with Gasteiger partial charge in [-0.05, 0) is 195 Å². The number of benzene rings is 12. The zero-order chi connectivity index (χ0) is 81.8. The van der Waals surface area contributed by atoms with Crippen LogP contribution in [0.5, 0.6) is 0 Å². The van der Waals surface area contributed by atoms with Crippen molar-refractivity contribution in [2.75, 3.05) is 14.7 Å². The van der Waals surface area contributed by atoms with Gasteiger partial charge in [-0.15, -0.1) is 0 Å². The van der Waals surface area contributed by atoms with Gasteiger partial charge < -0.3 is 35.9 Å². The van der Waals surface area contributed by atoms with Crippen LogP contribution >= 0.6 is 0 Å². The van der Waals surface area contributed by atoms with Crippen molar-refractivity contribution in [2.45, 2.75) is 195 Å². The molecule has 0 aliphatic carbocycles. The molecule has 0 amide bonds. The Labute approximate surface area is 687 Å². The van der Waals surface area contributed by atoms with Crippen LogP contribution in [0.3, 0.4) is 0 Å². The van der Waals surface area contributed by atoms with Gasteiger partial charge in [-0.2, -0.15) is 0 Å². The highest BCUT2D eigenvalue weighted by atomic mass is 28.3. The molecule has 115 heavy (non-hydrogen) atoms. The van der Waals surface area contributed by atoms with Crippen molar-refractivity contribution in [1.82, 2.24) is 21.2 Å². The molecule has 5 aromatic heterocycles.